The Hall–Kier alpha value is -0.780. The summed E-state index contributed by atoms with van der Waals surface area (Å²) in [5.74, 6) is 2.57. The molecule has 1 aromatic rings. The fourth-order valence-corrected chi connectivity index (χ4v) is 2.75. The van der Waals surface area contributed by atoms with Crippen molar-refractivity contribution in [3.8, 4) is 0 Å². The summed E-state index contributed by atoms with van der Waals surface area (Å²) >= 11 is 0. The molecule has 0 radical (unpaired) electrons. The molecule has 0 saturated heterocycles. The summed E-state index contributed by atoms with van der Waals surface area (Å²) in [5, 5.41) is 0. The van der Waals surface area contributed by atoms with E-state index in [9.17, 15) is 0 Å². The lowest BCUT2D eigenvalue weighted by Gasteiger charge is -2.24. The molecule has 0 fully saturated rings. The molecule has 0 N–H and O–H groups in total. The molecule has 0 aliphatic rings. The van der Waals surface area contributed by atoms with Gasteiger partial charge in [0.1, 0.15) is 0 Å². The Morgan fingerprint density at radius 3 is 1.27 bits per heavy atom. The third-order valence-electron chi connectivity index (χ3n) is 3.86. The maximum Gasteiger partial charge on any atom is -0.0216 e. The van der Waals surface area contributed by atoms with Crippen LogP contribution in [0.2, 0.25) is 0 Å². The molecule has 0 heterocycles. The number of rotatable bonds is 5. The number of hydrogen-bond acceptors (Lipinski definition) is 0. The van der Waals surface area contributed by atoms with Crippen molar-refractivity contribution in [1.82, 2.24) is 0 Å². The topological polar surface area (TPSA) is 0 Å². The van der Waals surface area contributed by atoms with Crippen LogP contribution in [-0.2, 0) is 6.42 Å². The van der Waals surface area contributed by atoms with E-state index in [1.165, 1.54) is 18.4 Å². The van der Waals surface area contributed by atoms with E-state index in [0.29, 0.717) is 17.8 Å². The largest absolute Gasteiger partial charge is 0.0656 e. The molecule has 0 aliphatic heterocycles. The van der Waals surface area contributed by atoms with Gasteiger partial charge in [0.25, 0.3) is 0 Å². The van der Waals surface area contributed by atoms with Gasteiger partial charge in [-0.1, -0.05) is 87.8 Å². The van der Waals surface area contributed by atoms with Gasteiger partial charge in [-0.05, 0) is 52.3 Å². The van der Waals surface area contributed by atoms with Crippen molar-refractivity contribution < 1.29 is 0 Å². The van der Waals surface area contributed by atoms with Crippen molar-refractivity contribution in [2.75, 3.05) is 0 Å². The van der Waals surface area contributed by atoms with Crippen LogP contribution in [0.25, 0.3) is 0 Å². The van der Waals surface area contributed by atoms with Crippen LogP contribution >= 0.6 is 0 Å². The van der Waals surface area contributed by atoms with Crippen LogP contribution in [0.3, 0.4) is 0 Å². The minimum Gasteiger partial charge on any atom is -0.0656 e. The van der Waals surface area contributed by atoms with Crippen molar-refractivity contribution in [2.45, 2.75) is 99.8 Å². The fourth-order valence-electron chi connectivity index (χ4n) is 2.75. The Bertz CT molecular complexity index is 393. The van der Waals surface area contributed by atoms with E-state index in [1.54, 1.807) is 16.7 Å². The zero-order chi connectivity index (χ0) is 17.4. The van der Waals surface area contributed by atoms with Crippen molar-refractivity contribution in [1.29, 1.82) is 0 Å². The standard InChI is InChI=1S/C19H32.C3H8/c1-12(2)9-19-17(14(5)6)10-16(13(3)4)11-18(19)15(7)8;1-3-2/h10-15H,9H2,1-8H3;3H2,1-2H3. The summed E-state index contributed by atoms with van der Waals surface area (Å²) in [7, 11) is 0. The van der Waals surface area contributed by atoms with E-state index in [1.807, 2.05) is 0 Å². The van der Waals surface area contributed by atoms with Crippen molar-refractivity contribution in [3.63, 3.8) is 0 Å². The predicted molar refractivity (Wildman–Crippen MR) is 103 cm³/mol. The smallest absolute Gasteiger partial charge is 0.0216 e. The van der Waals surface area contributed by atoms with Gasteiger partial charge in [-0.15, -0.1) is 0 Å². The van der Waals surface area contributed by atoms with Gasteiger partial charge in [0.05, 0.1) is 0 Å². The van der Waals surface area contributed by atoms with E-state index in [4.69, 9.17) is 0 Å². The first-order valence-electron chi connectivity index (χ1n) is 9.32. The Kier molecular flexibility index (Phi) is 9.72. The second-order valence-corrected chi connectivity index (χ2v) is 7.95. The summed E-state index contributed by atoms with van der Waals surface area (Å²) in [6, 6.07) is 4.91. The van der Waals surface area contributed by atoms with Gasteiger partial charge in [-0.25, -0.2) is 0 Å². The highest BCUT2D eigenvalue weighted by Crippen LogP contribution is 2.33. The van der Waals surface area contributed by atoms with E-state index in [2.05, 4.69) is 81.4 Å². The average Bonchev–Trinajstić information content (AvgIpc) is 2.38. The molecule has 1 rings (SSSR count). The third kappa shape index (κ3) is 6.55. The first-order valence-corrected chi connectivity index (χ1v) is 9.32. The molecule has 0 amide bonds. The summed E-state index contributed by atoms with van der Waals surface area (Å²) in [5.41, 5.74) is 6.26. The van der Waals surface area contributed by atoms with E-state index < -0.39 is 0 Å². The Labute approximate surface area is 140 Å². The Morgan fingerprint density at radius 2 is 1.05 bits per heavy atom. The molecule has 0 atom stereocenters. The maximum absolute atomic E-state index is 2.46. The van der Waals surface area contributed by atoms with Crippen LogP contribution in [0.1, 0.15) is 116 Å². The third-order valence-corrected chi connectivity index (χ3v) is 3.86. The quantitative estimate of drug-likeness (QED) is 0.523. The van der Waals surface area contributed by atoms with E-state index in [-0.39, 0.29) is 0 Å². The average molecular weight is 305 g/mol. The summed E-state index contributed by atoms with van der Waals surface area (Å²) in [4.78, 5) is 0. The van der Waals surface area contributed by atoms with Gasteiger partial charge in [0, 0.05) is 0 Å². The summed E-state index contributed by atoms with van der Waals surface area (Å²) in [6.45, 7) is 22.8. The van der Waals surface area contributed by atoms with Gasteiger partial charge < -0.3 is 0 Å². The van der Waals surface area contributed by atoms with Crippen molar-refractivity contribution in [2.24, 2.45) is 5.92 Å². The molecule has 0 unspecified atom stereocenters. The lowest BCUT2D eigenvalue weighted by molar-refractivity contribution is 0.627. The van der Waals surface area contributed by atoms with E-state index >= 15 is 0 Å². The first kappa shape index (κ1) is 21.2. The highest BCUT2D eigenvalue weighted by Gasteiger charge is 2.17. The van der Waals surface area contributed by atoms with Crippen LogP contribution in [0.15, 0.2) is 12.1 Å². The molecule has 22 heavy (non-hydrogen) atoms. The molecule has 1 aromatic carbocycles. The minimum atomic E-state index is 0.614. The van der Waals surface area contributed by atoms with Crippen LogP contribution in [0, 0.1) is 5.92 Å². The number of hydrogen-bond donors (Lipinski definition) is 0. The van der Waals surface area contributed by atoms with Crippen molar-refractivity contribution in [3.05, 3.63) is 34.4 Å². The molecule has 0 aliphatic carbocycles. The molecule has 128 valence electrons. The fraction of sp³-hybridized carbons (Fsp3) is 0.727. The minimum absolute atomic E-state index is 0.614. The molecule has 0 saturated carbocycles. The lowest BCUT2D eigenvalue weighted by atomic mass is 9.81. The second-order valence-electron chi connectivity index (χ2n) is 7.95. The molecule has 0 heteroatoms. The van der Waals surface area contributed by atoms with Crippen LogP contribution in [-0.4, -0.2) is 0 Å². The summed E-state index contributed by atoms with van der Waals surface area (Å²) < 4.78 is 0. The van der Waals surface area contributed by atoms with Crippen LogP contribution < -0.4 is 0 Å². The van der Waals surface area contributed by atoms with Crippen LogP contribution in [0.5, 0.6) is 0 Å². The van der Waals surface area contributed by atoms with Gasteiger partial charge in [0.15, 0.2) is 0 Å². The summed E-state index contributed by atoms with van der Waals surface area (Å²) in [6.07, 6.45) is 2.46. The Balaban J connectivity index is 0.00000135. The Morgan fingerprint density at radius 1 is 0.682 bits per heavy atom. The number of benzene rings is 1. The molecule has 0 nitrogen and oxygen atoms in total. The SMILES string of the molecule is CC(C)Cc1c(C(C)C)cc(C(C)C)cc1C(C)C.CCC. The van der Waals surface area contributed by atoms with Gasteiger partial charge in [-0.2, -0.15) is 0 Å². The predicted octanol–water partition coefficient (Wildman–Crippen LogP) is 7.67. The van der Waals surface area contributed by atoms with Crippen LogP contribution in [0.4, 0.5) is 0 Å². The van der Waals surface area contributed by atoms with Gasteiger partial charge in [-0.3, -0.25) is 0 Å². The van der Waals surface area contributed by atoms with Gasteiger partial charge in [0.2, 0.25) is 0 Å². The zero-order valence-corrected chi connectivity index (χ0v) is 16.9. The molecule has 0 spiro atoms. The first-order chi connectivity index (χ1) is 10.1. The monoisotopic (exact) mass is 304 g/mol. The highest BCUT2D eigenvalue weighted by atomic mass is 14.2. The molecule has 0 bridgehead atoms. The van der Waals surface area contributed by atoms with E-state index in [0.717, 1.165) is 5.92 Å². The van der Waals surface area contributed by atoms with Gasteiger partial charge >= 0.3 is 0 Å². The maximum atomic E-state index is 2.46. The molecular formula is C22H40. The lowest BCUT2D eigenvalue weighted by Crippen LogP contribution is -2.09. The molecule has 0 aromatic heterocycles. The highest BCUT2D eigenvalue weighted by molar-refractivity contribution is 5.43. The zero-order valence-electron chi connectivity index (χ0n) is 16.9. The van der Waals surface area contributed by atoms with Crippen molar-refractivity contribution >= 4 is 0 Å². The second kappa shape index (κ2) is 10.1. The molecular weight excluding hydrogens is 264 g/mol. The normalized spacial score (nSPS) is 11.4.